The van der Waals surface area contributed by atoms with Crippen LogP contribution in [0.15, 0.2) is 27.8 Å². The molecule has 0 amide bonds. The SMILES string of the molecule is CC(Cc1cc(-n2c(=O)cc(C(F)(F)F)n(C)c2=O)c(F)cc1Cl)C(=O)O. The number of carboxylic acid groups (broad SMARTS) is 1. The Morgan fingerprint density at radius 3 is 2.37 bits per heavy atom. The van der Waals surface area contributed by atoms with E-state index in [4.69, 9.17) is 16.7 Å². The van der Waals surface area contributed by atoms with Gasteiger partial charge in [-0.15, -0.1) is 0 Å². The van der Waals surface area contributed by atoms with Gasteiger partial charge in [0.2, 0.25) is 0 Å². The first-order valence-corrected chi connectivity index (χ1v) is 7.83. The lowest BCUT2D eigenvalue weighted by atomic mass is 10.0. The summed E-state index contributed by atoms with van der Waals surface area (Å²) in [5.74, 6) is -3.18. The molecule has 2 aromatic rings. The number of hydrogen-bond acceptors (Lipinski definition) is 3. The summed E-state index contributed by atoms with van der Waals surface area (Å²) in [7, 11) is 0.794. The van der Waals surface area contributed by atoms with Crippen LogP contribution in [0.1, 0.15) is 18.2 Å². The lowest BCUT2D eigenvalue weighted by molar-refractivity contribution is -0.144. The molecule has 0 saturated heterocycles. The molecular formula is C16H13ClF4N2O4. The number of benzene rings is 1. The molecule has 11 heteroatoms. The van der Waals surface area contributed by atoms with Gasteiger partial charge in [0.15, 0.2) is 0 Å². The first-order valence-electron chi connectivity index (χ1n) is 7.46. The number of aliphatic carboxylic acids is 1. The van der Waals surface area contributed by atoms with Crippen LogP contribution in [0.2, 0.25) is 5.02 Å². The minimum Gasteiger partial charge on any atom is -0.481 e. The van der Waals surface area contributed by atoms with Crippen LogP contribution in [-0.2, 0) is 24.4 Å². The number of hydrogen-bond donors (Lipinski definition) is 1. The number of rotatable bonds is 4. The highest BCUT2D eigenvalue weighted by atomic mass is 35.5. The monoisotopic (exact) mass is 408 g/mol. The number of carboxylic acids is 1. The fraction of sp³-hybridized carbons (Fsp3) is 0.312. The fourth-order valence-electron chi connectivity index (χ4n) is 2.45. The highest BCUT2D eigenvalue weighted by Crippen LogP contribution is 2.28. The highest BCUT2D eigenvalue weighted by Gasteiger charge is 2.35. The molecule has 27 heavy (non-hydrogen) atoms. The van der Waals surface area contributed by atoms with E-state index in [1.54, 1.807) is 0 Å². The van der Waals surface area contributed by atoms with Crippen LogP contribution in [0.4, 0.5) is 17.6 Å². The molecule has 0 bridgehead atoms. The molecule has 1 unspecified atom stereocenters. The van der Waals surface area contributed by atoms with Crippen molar-refractivity contribution in [3.8, 4) is 5.69 Å². The third-order valence-electron chi connectivity index (χ3n) is 3.92. The molecule has 0 aliphatic heterocycles. The van der Waals surface area contributed by atoms with Crippen molar-refractivity contribution in [2.75, 3.05) is 0 Å². The second-order valence-electron chi connectivity index (χ2n) is 5.88. The maximum absolute atomic E-state index is 14.3. The molecule has 1 atom stereocenters. The van der Waals surface area contributed by atoms with Gasteiger partial charge in [-0.1, -0.05) is 18.5 Å². The molecule has 2 rings (SSSR count). The van der Waals surface area contributed by atoms with Gasteiger partial charge in [0.25, 0.3) is 5.56 Å². The molecule has 146 valence electrons. The number of alkyl halides is 3. The number of carbonyl (C=O) groups is 1. The molecule has 0 radical (unpaired) electrons. The minimum absolute atomic E-state index is 0.122. The van der Waals surface area contributed by atoms with Gasteiger partial charge >= 0.3 is 17.8 Å². The molecule has 6 nitrogen and oxygen atoms in total. The van der Waals surface area contributed by atoms with E-state index >= 15 is 0 Å². The Morgan fingerprint density at radius 1 is 1.26 bits per heavy atom. The second-order valence-corrected chi connectivity index (χ2v) is 6.29. The summed E-state index contributed by atoms with van der Waals surface area (Å²) >= 11 is 5.88. The van der Waals surface area contributed by atoms with E-state index in [2.05, 4.69) is 0 Å². The van der Waals surface area contributed by atoms with E-state index in [9.17, 15) is 31.9 Å². The molecule has 1 N–H and O–H groups in total. The van der Waals surface area contributed by atoms with Crippen molar-refractivity contribution in [2.45, 2.75) is 19.5 Å². The van der Waals surface area contributed by atoms with E-state index in [1.807, 2.05) is 0 Å². The topological polar surface area (TPSA) is 81.3 Å². The summed E-state index contributed by atoms with van der Waals surface area (Å²) in [5, 5.41) is 8.84. The number of aromatic nitrogens is 2. The van der Waals surface area contributed by atoms with E-state index in [0.717, 1.165) is 19.2 Å². The summed E-state index contributed by atoms with van der Waals surface area (Å²) in [6, 6.07) is 1.92. The Bertz CT molecular complexity index is 1030. The van der Waals surface area contributed by atoms with Crippen LogP contribution in [0.25, 0.3) is 5.69 Å². The Morgan fingerprint density at radius 2 is 1.85 bits per heavy atom. The standard InChI is InChI=1S/C16H13ClF4N2O4/c1-7(14(25)26)3-8-4-11(10(18)5-9(8)17)23-13(24)6-12(16(19,20)21)22(2)15(23)27/h4-7H,3H2,1-2H3,(H,25,26). The summed E-state index contributed by atoms with van der Waals surface area (Å²) in [6.45, 7) is 1.37. The van der Waals surface area contributed by atoms with Crippen LogP contribution in [-0.4, -0.2) is 20.2 Å². The quantitative estimate of drug-likeness (QED) is 0.788. The van der Waals surface area contributed by atoms with Gasteiger partial charge in [0, 0.05) is 18.1 Å². The van der Waals surface area contributed by atoms with Gasteiger partial charge in [-0.25, -0.2) is 13.8 Å². The first kappa shape index (κ1) is 20.7. The molecule has 0 aliphatic carbocycles. The lowest BCUT2D eigenvalue weighted by Gasteiger charge is -2.16. The normalized spacial score (nSPS) is 12.9. The maximum atomic E-state index is 14.3. The summed E-state index contributed by atoms with van der Waals surface area (Å²) in [6.07, 6.45) is -5.09. The van der Waals surface area contributed by atoms with Crippen molar-refractivity contribution in [1.29, 1.82) is 0 Å². The molecule has 0 fully saturated rings. The number of halogens is 5. The fourth-order valence-corrected chi connectivity index (χ4v) is 2.67. The summed E-state index contributed by atoms with van der Waals surface area (Å²) in [5.41, 5.74) is -4.77. The second kappa shape index (κ2) is 7.18. The summed E-state index contributed by atoms with van der Waals surface area (Å²) < 4.78 is 53.4. The Hall–Kier alpha value is -2.62. The van der Waals surface area contributed by atoms with Crippen LogP contribution < -0.4 is 11.2 Å². The van der Waals surface area contributed by atoms with Crippen LogP contribution in [0, 0.1) is 11.7 Å². The van der Waals surface area contributed by atoms with E-state index in [0.29, 0.717) is 0 Å². The largest absolute Gasteiger partial charge is 0.481 e. The zero-order valence-corrected chi connectivity index (χ0v) is 14.7. The smallest absolute Gasteiger partial charge is 0.431 e. The van der Waals surface area contributed by atoms with E-state index in [-0.39, 0.29) is 32.2 Å². The zero-order chi connectivity index (χ0) is 20.7. The van der Waals surface area contributed by atoms with Crippen molar-refractivity contribution < 1.29 is 27.5 Å². The lowest BCUT2D eigenvalue weighted by Crippen LogP contribution is -2.41. The van der Waals surface area contributed by atoms with Crippen LogP contribution >= 0.6 is 11.6 Å². The van der Waals surface area contributed by atoms with Gasteiger partial charge < -0.3 is 5.11 Å². The van der Waals surface area contributed by atoms with Crippen molar-refractivity contribution >= 4 is 17.6 Å². The van der Waals surface area contributed by atoms with Crippen LogP contribution in [0.5, 0.6) is 0 Å². The zero-order valence-electron chi connectivity index (χ0n) is 14.0. The van der Waals surface area contributed by atoms with Gasteiger partial charge in [-0.3, -0.25) is 14.2 Å². The molecule has 0 spiro atoms. The average molecular weight is 409 g/mol. The predicted octanol–water partition coefficient (Wildman–Crippen LogP) is 2.61. The van der Waals surface area contributed by atoms with E-state index < -0.39 is 46.5 Å². The Kier molecular flexibility index (Phi) is 5.50. The summed E-state index contributed by atoms with van der Waals surface area (Å²) in [4.78, 5) is 35.4. The third-order valence-corrected chi connectivity index (χ3v) is 4.27. The molecule has 1 heterocycles. The van der Waals surface area contributed by atoms with Gasteiger partial charge in [-0.05, 0) is 24.1 Å². The Labute approximate surface area is 154 Å². The van der Waals surface area contributed by atoms with Crippen molar-refractivity contribution in [1.82, 2.24) is 9.13 Å². The van der Waals surface area contributed by atoms with Crippen molar-refractivity contribution in [2.24, 2.45) is 13.0 Å². The first-order chi connectivity index (χ1) is 12.3. The van der Waals surface area contributed by atoms with Gasteiger partial charge in [0.05, 0.1) is 11.6 Å². The van der Waals surface area contributed by atoms with Gasteiger partial charge in [-0.2, -0.15) is 13.2 Å². The maximum Gasteiger partial charge on any atom is 0.431 e. The van der Waals surface area contributed by atoms with Crippen molar-refractivity contribution in [3.63, 3.8) is 0 Å². The number of nitrogens with zero attached hydrogens (tertiary/aromatic N) is 2. The molecule has 1 aromatic heterocycles. The van der Waals surface area contributed by atoms with Crippen molar-refractivity contribution in [3.05, 3.63) is 61.1 Å². The van der Waals surface area contributed by atoms with Gasteiger partial charge in [0.1, 0.15) is 11.5 Å². The molecule has 1 aromatic carbocycles. The highest BCUT2D eigenvalue weighted by molar-refractivity contribution is 6.31. The third kappa shape index (κ3) is 4.05. The average Bonchev–Trinajstić information content (AvgIpc) is 2.53. The van der Waals surface area contributed by atoms with Crippen LogP contribution in [0.3, 0.4) is 0 Å². The molecular weight excluding hydrogens is 396 g/mol. The van der Waals surface area contributed by atoms with E-state index in [1.165, 1.54) is 6.92 Å². The predicted molar refractivity (Wildman–Crippen MR) is 87.8 cm³/mol. The molecule has 0 saturated carbocycles. The minimum atomic E-state index is -4.95. The molecule has 0 aliphatic rings. The Balaban J connectivity index is 2.73.